The molecule has 0 saturated heterocycles. The van der Waals surface area contributed by atoms with Gasteiger partial charge in [0.05, 0.1) is 0 Å². The monoisotopic (exact) mass is 133 g/mol. The Morgan fingerprint density at radius 1 is 1.71 bits per heavy atom. The van der Waals surface area contributed by atoms with E-state index in [2.05, 4.69) is 6.92 Å². The summed E-state index contributed by atoms with van der Waals surface area (Å²) in [7, 11) is 0. The largest absolute Gasteiger partial charge is 0.231 e. The lowest BCUT2D eigenvalue weighted by atomic mass is 10.6. The van der Waals surface area contributed by atoms with Crippen molar-refractivity contribution < 1.29 is 0 Å². The van der Waals surface area contributed by atoms with Crippen LogP contribution in [0.1, 0.15) is 13.3 Å². The molecule has 0 N–H and O–H groups in total. The lowest BCUT2D eigenvalue weighted by Gasteiger charge is -1.92. The van der Waals surface area contributed by atoms with Gasteiger partial charge < -0.3 is 0 Å². The number of thioether (sulfide) groups is 1. The van der Waals surface area contributed by atoms with Crippen LogP contribution in [0, 0.1) is 0 Å². The highest BCUT2D eigenvalue weighted by molar-refractivity contribution is 8.22. The van der Waals surface area contributed by atoms with Gasteiger partial charge in [0, 0.05) is 19.1 Å². The molecule has 0 aliphatic carbocycles. The third kappa shape index (κ3) is 1.78. The number of rotatable bonds is 0. The molecule has 0 saturated carbocycles. The van der Waals surface area contributed by atoms with Crippen LogP contribution in [0.2, 0.25) is 0 Å². The van der Waals surface area contributed by atoms with Gasteiger partial charge in [-0.15, -0.1) is 0 Å². The van der Waals surface area contributed by atoms with Crippen molar-refractivity contribution in [2.75, 3.05) is 11.5 Å². The highest BCUT2D eigenvalue weighted by Gasteiger charge is 2.09. The molecule has 0 nitrogen and oxygen atoms in total. The van der Waals surface area contributed by atoms with Crippen molar-refractivity contribution in [3.05, 3.63) is 0 Å². The fraction of sp³-hybridized carbons (Fsp3) is 0.800. The Balaban J connectivity index is 2.40. The highest BCUT2D eigenvalue weighted by Crippen LogP contribution is 2.08. The zero-order valence-electron chi connectivity index (χ0n) is 4.44. The van der Waals surface area contributed by atoms with E-state index in [4.69, 9.17) is 0 Å². The van der Waals surface area contributed by atoms with E-state index in [0.717, 1.165) is 0 Å². The molecule has 1 heterocycles. The Morgan fingerprint density at radius 2 is 2.57 bits per heavy atom. The zero-order chi connectivity index (χ0) is 5.11. The van der Waals surface area contributed by atoms with Gasteiger partial charge in [0.1, 0.15) is 0 Å². The summed E-state index contributed by atoms with van der Waals surface area (Å²) in [4.78, 5) is 0. The van der Waals surface area contributed by atoms with Crippen LogP contribution in [0.5, 0.6) is 0 Å². The van der Waals surface area contributed by atoms with E-state index in [9.17, 15) is 0 Å². The van der Waals surface area contributed by atoms with Gasteiger partial charge in [0.2, 0.25) is 4.20 Å². The van der Waals surface area contributed by atoms with Gasteiger partial charge in [-0.25, -0.2) is 0 Å². The summed E-state index contributed by atoms with van der Waals surface area (Å²) >= 11 is 4.00. The van der Waals surface area contributed by atoms with Gasteiger partial charge in [0.15, 0.2) is 17.1 Å². The Morgan fingerprint density at radius 3 is 2.86 bits per heavy atom. The third-order valence-electron chi connectivity index (χ3n) is 0.899. The molecule has 1 rings (SSSR count). The summed E-state index contributed by atoms with van der Waals surface area (Å²) in [5.74, 6) is 2.69. The maximum Gasteiger partial charge on any atom is 0.231 e. The van der Waals surface area contributed by atoms with Gasteiger partial charge in [0.25, 0.3) is 0 Å². The van der Waals surface area contributed by atoms with Crippen LogP contribution in [0.4, 0.5) is 0 Å². The summed E-state index contributed by atoms with van der Waals surface area (Å²) in [6.45, 7) is 2.20. The normalized spacial score (nSPS) is 21.6. The van der Waals surface area contributed by atoms with Crippen LogP contribution in [0.3, 0.4) is 0 Å². The van der Waals surface area contributed by atoms with Gasteiger partial charge in [-0.05, 0) is 0 Å². The molecule has 40 valence electrons. The predicted octanol–water partition coefficient (Wildman–Crippen LogP) is 1.36. The van der Waals surface area contributed by atoms with Crippen molar-refractivity contribution in [2.24, 2.45) is 0 Å². The maximum absolute atomic E-state index is 2.20. The lowest BCUT2D eigenvalue weighted by molar-refractivity contribution is 1.13. The molecule has 0 radical (unpaired) electrons. The molecule has 0 amide bonds. The Kier molecular flexibility index (Phi) is 2.13. The summed E-state index contributed by atoms with van der Waals surface area (Å²) < 4.78 is 1.55. The van der Waals surface area contributed by atoms with Crippen molar-refractivity contribution in [1.82, 2.24) is 0 Å². The molecule has 0 atom stereocenters. The SMILES string of the molecule is CC1=[S+]CCCS1. The first-order chi connectivity index (χ1) is 3.39. The van der Waals surface area contributed by atoms with Crippen LogP contribution in [0.15, 0.2) is 0 Å². The van der Waals surface area contributed by atoms with Crippen LogP contribution >= 0.6 is 11.8 Å². The van der Waals surface area contributed by atoms with Crippen LogP contribution < -0.4 is 0 Å². The van der Waals surface area contributed by atoms with E-state index < -0.39 is 0 Å². The molecule has 7 heavy (non-hydrogen) atoms. The number of hydrogen-bond donors (Lipinski definition) is 0. The highest BCUT2D eigenvalue weighted by atomic mass is 32.2. The molecule has 0 fully saturated rings. The van der Waals surface area contributed by atoms with Gasteiger partial charge in [-0.2, -0.15) is 0 Å². The molecule has 1 aliphatic rings. The fourth-order valence-corrected chi connectivity index (χ4v) is 2.70. The molecular formula is C5H9S2+. The van der Waals surface area contributed by atoms with E-state index in [0.29, 0.717) is 0 Å². The second-order valence-electron chi connectivity index (χ2n) is 1.54. The summed E-state index contributed by atoms with van der Waals surface area (Å²) in [5, 5.41) is 0. The van der Waals surface area contributed by atoms with Gasteiger partial charge in [-0.3, -0.25) is 0 Å². The minimum atomic E-state index is 1.35. The van der Waals surface area contributed by atoms with E-state index in [1.165, 1.54) is 17.9 Å². The molecule has 0 aromatic heterocycles. The van der Waals surface area contributed by atoms with Gasteiger partial charge in [-0.1, -0.05) is 11.8 Å². The maximum atomic E-state index is 2.20. The molecule has 0 aromatic rings. The second kappa shape index (κ2) is 2.68. The standard InChI is InChI=1S/C5H9S2/c1-5-6-3-2-4-7-5/h2-4H2,1H3/q+1. The van der Waals surface area contributed by atoms with E-state index in [1.54, 1.807) is 4.20 Å². The lowest BCUT2D eigenvalue weighted by Crippen LogP contribution is -2.00. The smallest absolute Gasteiger partial charge is 0.0700 e. The molecule has 0 unspecified atom stereocenters. The topological polar surface area (TPSA) is 0 Å². The first-order valence-corrected chi connectivity index (χ1v) is 4.46. The molecule has 0 bridgehead atoms. The Hall–Kier alpha value is 0.440. The molecule has 0 spiro atoms. The molecule has 2 heteroatoms. The van der Waals surface area contributed by atoms with Crippen molar-refractivity contribution >= 4 is 27.3 Å². The zero-order valence-corrected chi connectivity index (χ0v) is 6.07. The van der Waals surface area contributed by atoms with E-state index in [1.807, 2.05) is 23.1 Å². The summed E-state index contributed by atoms with van der Waals surface area (Å²) in [5.41, 5.74) is 0. The minimum absolute atomic E-state index is 1.35. The van der Waals surface area contributed by atoms with Gasteiger partial charge >= 0.3 is 0 Å². The quantitative estimate of drug-likeness (QED) is 0.355. The molecule has 0 aromatic carbocycles. The van der Waals surface area contributed by atoms with E-state index >= 15 is 0 Å². The van der Waals surface area contributed by atoms with Crippen molar-refractivity contribution in [1.29, 1.82) is 0 Å². The van der Waals surface area contributed by atoms with Crippen LogP contribution in [-0.4, -0.2) is 15.7 Å². The second-order valence-corrected chi connectivity index (χ2v) is 4.42. The van der Waals surface area contributed by atoms with Crippen molar-refractivity contribution in [3.63, 3.8) is 0 Å². The predicted molar refractivity (Wildman–Crippen MR) is 40.0 cm³/mol. The average molecular weight is 133 g/mol. The van der Waals surface area contributed by atoms with Crippen molar-refractivity contribution in [2.45, 2.75) is 13.3 Å². The van der Waals surface area contributed by atoms with Crippen molar-refractivity contribution in [3.8, 4) is 0 Å². The first-order valence-electron chi connectivity index (χ1n) is 2.49. The van der Waals surface area contributed by atoms with Crippen LogP contribution in [-0.2, 0) is 11.4 Å². The summed E-state index contributed by atoms with van der Waals surface area (Å²) in [6.07, 6.45) is 1.40. The van der Waals surface area contributed by atoms with Crippen LogP contribution in [0.25, 0.3) is 0 Å². The third-order valence-corrected chi connectivity index (χ3v) is 3.41. The summed E-state index contributed by atoms with van der Waals surface area (Å²) in [6, 6.07) is 0. The first kappa shape index (κ1) is 5.57. The minimum Gasteiger partial charge on any atom is -0.0700 e. The molecule has 1 aliphatic heterocycles. The number of hydrogen-bond acceptors (Lipinski definition) is 1. The van der Waals surface area contributed by atoms with E-state index in [-0.39, 0.29) is 0 Å². The average Bonchev–Trinajstić information content (AvgIpc) is 1.69. The Labute approximate surface area is 52.6 Å². The Bertz CT molecular complexity index is 86.1. The fourth-order valence-electron chi connectivity index (χ4n) is 0.532. The molecular weight excluding hydrogens is 124 g/mol.